The average molecular weight is 251 g/mol. The van der Waals surface area contributed by atoms with Crippen LogP contribution in [0.2, 0.25) is 0 Å². The fourth-order valence-corrected chi connectivity index (χ4v) is 1.57. The van der Waals surface area contributed by atoms with E-state index in [0.717, 1.165) is 0 Å². The largest absolute Gasteiger partial charge is 0.397 e. The lowest BCUT2D eigenvalue weighted by atomic mass is 10.0. The number of rotatable bonds is 5. The summed E-state index contributed by atoms with van der Waals surface area (Å²) in [5.74, 6) is -0.659. The van der Waals surface area contributed by atoms with Crippen molar-refractivity contribution in [1.29, 1.82) is 0 Å². The Morgan fingerprint density at radius 2 is 2.00 bits per heavy atom. The van der Waals surface area contributed by atoms with Crippen LogP contribution in [0.1, 0.15) is 30.6 Å². The maximum Gasteiger partial charge on any atom is 0.250 e. The molecular weight excluding hydrogens is 234 g/mol. The zero-order chi connectivity index (χ0) is 13.9. The fraction of sp³-hybridized carbons (Fsp3) is 0.364. The molecule has 0 aromatic carbocycles. The van der Waals surface area contributed by atoms with Crippen molar-refractivity contribution < 1.29 is 9.59 Å². The van der Waals surface area contributed by atoms with Crippen LogP contribution in [0, 0.1) is 0 Å². The number of aromatic nitrogens is 1. The second-order valence-corrected chi connectivity index (χ2v) is 4.67. The van der Waals surface area contributed by atoms with E-state index < -0.39 is 17.4 Å². The number of carbonyl (C=O) groups is 2. The van der Waals surface area contributed by atoms with Crippen molar-refractivity contribution in [3.8, 4) is 0 Å². The summed E-state index contributed by atoms with van der Waals surface area (Å²) in [6.07, 6.45) is 1.47. The molecule has 7 N–H and O–H groups in total. The van der Waals surface area contributed by atoms with Gasteiger partial charge in [0.15, 0.2) is 0 Å². The van der Waals surface area contributed by atoms with Crippen molar-refractivity contribution in [2.45, 2.75) is 25.8 Å². The van der Waals surface area contributed by atoms with Gasteiger partial charge in [-0.3, -0.25) is 9.59 Å². The normalized spacial score (nSPS) is 11.0. The maximum atomic E-state index is 11.1. The molecule has 0 aliphatic heterocycles. The van der Waals surface area contributed by atoms with Crippen LogP contribution in [0.5, 0.6) is 0 Å². The van der Waals surface area contributed by atoms with Crippen LogP contribution in [0.25, 0.3) is 0 Å². The summed E-state index contributed by atoms with van der Waals surface area (Å²) in [7, 11) is 0. The smallest absolute Gasteiger partial charge is 0.250 e. The second kappa shape index (κ2) is 4.91. The van der Waals surface area contributed by atoms with Gasteiger partial charge in [0.1, 0.15) is 5.82 Å². The standard InChI is InChI=1S/C11H17N5O2/c1-11(2,4-8(13)17)16-9-3-6(10(14)18)7(12)5-15-9/h3,5H,4,12H2,1-2H3,(H2,13,17)(H2,14,18)(H,15,16). The summed E-state index contributed by atoms with van der Waals surface area (Å²) in [5.41, 5.74) is 15.7. The Morgan fingerprint density at radius 1 is 1.39 bits per heavy atom. The van der Waals surface area contributed by atoms with E-state index in [-0.39, 0.29) is 17.7 Å². The van der Waals surface area contributed by atoms with Gasteiger partial charge in [-0.1, -0.05) is 0 Å². The van der Waals surface area contributed by atoms with E-state index in [2.05, 4.69) is 10.3 Å². The monoisotopic (exact) mass is 251 g/mol. The Kier molecular flexibility index (Phi) is 3.75. The molecule has 0 bridgehead atoms. The van der Waals surface area contributed by atoms with Crippen molar-refractivity contribution >= 4 is 23.3 Å². The Morgan fingerprint density at radius 3 is 2.50 bits per heavy atom. The number of carbonyl (C=O) groups excluding carboxylic acids is 2. The summed E-state index contributed by atoms with van der Waals surface area (Å²) in [6, 6.07) is 1.44. The molecule has 1 heterocycles. The molecule has 1 aromatic heterocycles. The van der Waals surface area contributed by atoms with Gasteiger partial charge >= 0.3 is 0 Å². The van der Waals surface area contributed by atoms with Gasteiger partial charge in [0, 0.05) is 12.0 Å². The molecule has 2 amide bonds. The fourth-order valence-electron chi connectivity index (χ4n) is 1.57. The Hall–Kier alpha value is -2.31. The van der Waals surface area contributed by atoms with Crippen molar-refractivity contribution in [2.24, 2.45) is 11.5 Å². The summed E-state index contributed by atoms with van der Waals surface area (Å²) < 4.78 is 0. The van der Waals surface area contributed by atoms with Crippen molar-refractivity contribution in [1.82, 2.24) is 4.98 Å². The third kappa shape index (κ3) is 3.62. The van der Waals surface area contributed by atoms with Gasteiger partial charge in [-0.15, -0.1) is 0 Å². The van der Waals surface area contributed by atoms with E-state index in [0.29, 0.717) is 5.82 Å². The van der Waals surface area contributed by atoms with Gasteiger partial charge in [0.2, 0.25) is 5.91 Å². The van der Waals surface area contributed by atoms with Crippen molar-refractivity contribution in [2.75, 3.05) is 11.1 Å². The number of nitrogens with two attached hydrogens (primary N) is 3. The number of primary amides is 2. The van der Waals surface area contributed by atoms with E-state index in [1.165, 1.54) is 12.3 Å². The lowest BCUT2D eigenvalue weighted by molar-refractivity contribution is -0.118. The number of anilines is 2. The Labute approximate surface area is 105 Å². The first-order valence-corrected chi connectivity index (χ1v) is 5.33. The van der Waals surface area contributed by atoms with Gasteiger partial charge in [-0.2, -0.15) is 0 Å². The van der Waals surface area contributed by atoms with Gasteiger partial charge < -0.3 is 22.5 Å². The van der Waals surface area contributed by atoms with Gasteiger partial charge in [0.25, 0.3) is 5.91 Å². The quantitative estimate of drug-likeness (QED) is 0.575. The molecule has 7 heteroatoms. The minimum atomic E-state index is -0.634. The highest BCUT2D eigenvalue weighted by atomic mass is 16.1. The molecule has 18 heavy (non-hydrogen) atoms. The second-order valence-electron chi connectivity index (χ2n) is 4.67. The Bertz CT molecular complexity index is 484. The number of pyridine rings is 1. The van der Waals surface area contributed by atoms with Crippen LogP contribution >= 0.6 is 0 Å². The lowest BCUT2D eigenvalue weighted by Crippen LogP contribution is -2.36. The predicted octanol–water partition coefficient (Wildman–Crippen LogP) is -0.171. The number of hydrogen-bond acceptors (Lipinski definition) is 5. The molecule has 0 saturated heterocycles. The molecule has 0 atom stereocenters. The van der Waals surface area contributed by atoms with Crippen molar-refractivity contribution in [3.63, 3.8) is 0 Å². The highest BCUT2D eigenvalue weighted by Gasteiger charge is 2.21. The van der Waals surface area contributed by atoms with Crippen LogP contribution in [-0.2, 0) is 4.79 Å². The summed E-state index contributed by atoms with van der Waals surface area (Å²) >= 11 is 0. The molecule has 0 fully saturated rings. The molecular formula is C11H17N5O2. The number of amides is 2. The zero-order valence-corrected chi connectivity index (χ0v) is 10.4. The molecule has 0 spiro atoms. The topological polar surface area (TPSA) is 137 Å². The number of nitrogens with one attached hydrogen (secondary N) is 1. The maximum absolute atomic E-state index is 11.1. The third-order valence-electron chi connectivity index (χ3n) is 2.28. The van der Waals surface area contributed by atoms with E-state index in [1.807, 2.05) is 0 Å². The third-order valence-corrected chi connectivity index (χ3v) is 2.28. The molecule has 1 rings (SSSR count). The molecule has 1 aromatic rings. The summed E-state index contributed by atoms with van der Waals surface area (Å²) in [5, 5.41) is 3.00. The van der Waals surface area contributed by atoms with Crippen LogP contribution in [0.15, 0.2) is 12.3 Å². The zero-order valence-electron chi connectivity index (χ0n) is 10.4. The van der Waals surface area contributed by atoms with E-state index in [1.54, 1.807) is 13.8 Å². The SMILES string of the molecule is CC(C)(CC(N)=O)Nc1cc(C(N)=O)c(N)cn1. The van der Waals surface area contributed by atoms with E-state index in [4.69, 9.17) is 17.2 Å². The summed E-state index contributed by atoms with van der Waals surface area (Å²) in [4.78, 5) is 26.0. The van der Waals surface area contributed by atoms with Gasteiger partial charge in [-0.05, 0) is 19.9 Å². The molecule has 0 saturated carbocycles. The molecule has 0 aliphatic carbocycles. The van der Waals surface area contributed by atoms with E-state index >= 15 is 0 Å². The number of nitrogens with zero attached hydrogens (tertiary/aromatic N) is 1. The first-order valence-electron chi connectivity index (χ1n) is 5.33. The molecule has 7 nitrogen and oxygen atoms in total. The van der Waals surface area contributed by atoms with Crippen LogP contribution in [0.4, 0.5) is 11.5 Å². The first kappa shape index (κ1) is 13.8. The lowest BCUT2D eigenvalue weighted by Gasteiger charge is -2.25. The molecule has 0 radical (unpaired) electrons. The van der Waals surface area contributed by atoms with Gasteiger partial charge in [0.05, 0.1) is 17.4 Å². The van der Waals surface area contributed by atoms with E-state index in [9.17, 15) is 9.59 Å². The first-order chi connectivity index (χ1) is 8.21. The number of hydrogen-bond donors (Lipinski definition) is 4. The minimum Gasteiger partial charge on any atom is -0.397 e. The van der Waals surface area contributed by atoms with Crippen LogP contribution in [0.3, 0.4) is 0 Å². The Balaban J connectivity index is 2.95. The van der Waals surface area contributed by atoms with Crippen molar-refractivity contribution in [3.05, 3.63) is 17.8 Å². The van der Waals surface area contributed by atoms with Crippen LogP contribution in [-0.4, -0.2) is 22.3 Å². The highest BCUT2D eigenvalue weighted by molar-refractivity contribution is 5.98. The summed E-state index contributed by atoms with van der Waals surface area (Å²) in [6.45, 7) is 3.58. The minimum absolute atomic E-state index is 0.130. The van der Waals surface area contributed by atoms with Gasteiger partial charge in [-0.25, -0.2) is 4.98 Å². The predicted molar refractivity (Wildman–Crippen MR) is 68.7 cm³/mol. The highest BCUT2D eigenvalue weighted by Crippen LogP contribution is 2.19. The number of nitrogen functional groups attached to an aromatic ring is 1. The molecule has 0 aliphatic rings. The molecule has 0 unspecified atom stereocenters. The van der Waals surface area contributed by atoms with Crippen LogP contribution < -0.4 is 22.5 Å². The average Bonchev–Trinajstić information content (AvgIpc) is 2.18. The molecule has 98 valence electrons.